The molecule has 0 N–H and O–H groups in total. The number of aryl methyl sites for hydroxylation is 4. The SMILES string of the molecule is Cc1cc(C)cc(-c2ccc(N3c4ccccc4Oc4ccccc43)cc2-c2cc(C)cc(C)c2)c1. The quantitative estimate of drug-likeness (QED) is 0.257. The van der Waals surface area contributed by atoms with Crippen LogP contribution in [0.15, 0.2) is 103 Å². The number of benzene rings is 5. The Hall–Kier alpha value is -4.30. The number of fused-ring (bicyclic) bond motifs is 2. The normalized spacial score (nSPS) is 12.1. The maximum Gasteiger partial charge on any atom is 0.151 e. The van der Waals surface area contributed by atoms with Crippen molar-refractivity contribution in [2.45, 2.75) is 27.7 Å². The lowest BCUT2D eigenvalue weighted by molar-refractivity contribution is 0.477. The fourth-order valence-electron chi connectivity index (χ4n) is 5.41. The molecule has 0 saturated heterocycles. The van der Waals surface area contributed by atoms with Crippen molar-refractivity contribution in [1.82, 2.24) is 0 Å². The van der Waals surface area contributed by atoms with Crippen molar-refractivity contribution in [3.63, 3.8) is 0 Å². The molecular weight excluding hydrogens is 438 g/mol. The van der Waals surface area contributed by atoms with Gasteiger partial charge >= 0.3 is 0 Å². The first-order valence-corrected chi connectivity index (χ1v) is 12.4. The average Bonchev–Trinajstić information content (AvgIpc) is 2.86. The van der Waals surface area contributed by atoms with E-state index in [1.165, 1.54) is 44.5 Å². The van der Waals surface area contributed by atoms with Crippen LogP contribution in [0.1, 0.15) is 22.3 Å². The Morgan fingerprint density at radius 3 is 1.47 bits per heavy atom. The van der Waals surface area contributed by atoms with E-state index in [1.807, 2.05) is 24.3 Å². The first-order valence-electron chi connectivity index (χ1n) is 12.4. The predicted octanol–water partition coefficient (Wildman–Crippen LogP) is 9.83. The molecule has 5 aromatic carbocycles. The van der Waals surface area contributed by atoms with Crippen LogP contribution in [0.3, 0.4) is 0 Å². The zero-order chi connectivity index (χ0) is 24.8. The van der Waals surface area contributed by atoms with E-state index >= 15 is 0 Å². The second-order valence-corrected chi connectivity index (χ2v) is 9.86. The van der Waals surface area contributed by atoms with Crippen LogP contribution in [0, 0.1) is 27.7 Å². The fourth-order valence-corrected chi connectivity index (χ4v) is 5.41. The molecule has 5 aromatic rings. The molecule has 0 amide bonds. The lowest BCUT2D eigenvalue weighted by atomic mass is 9.90. The van der Waals surface area contributed by atoms with Crippen molar-refractivity contribution in [3.05, 3.63) is 125 Å². The first-order chi connectivity index (χ1) is 17.5. The molecular formula is C34H29NO. The van der Waals surface area contributed by atoms with Gasteiger partial charge in [0.15, 0.2) is 11.5 Å². The minimum Gasteiger partial charge on any atom is -0.453 e. The van der Waals surface area contributed by atoms with E-state index in [2.05, 4.69) is 111 Å². The van der Waals surface area contributed by atoms with Gasteiger partial charge in [0.1, 0.15) is 0 Å². The summed E-state index contributed by atoms with van der Waals surface area (Å²) >= 11 is 0. The summed E-state index contributed by atoms with van der Waals surface area (Å²) in [7, 11) is 0. The zero-order valence-corrected chi connectivity index (χ0v) is 21.2. The zero-order valence-electron chi connectivity index (χ0n) is 21.2. The number of anilines is 3. The molecule has 1 aliphatic heterocycles. The van der Waals surface area contributed by atoms with Crippen LogP contribution >= 0.6 is 0 Å². The van der Waals surface area contributed by atoms with E-state index in [-0.39, 0.29) is 0 Å². The molecule has 0 fully saturated rings. The minimum atomic E-state index is 0.863. The summed E-state index contributed by atoms with van der Waals surface area (Å²) in [6.45, 7) is 8.68. The van der Waals surface area contributed by atoms with Crippen LogP contribution in [0.5, 0.6) is 11.5 Å². The number of rotatable bonds is 3. The summed E-state index contributed by atoms with van der Waals surface area (Å²) < 4.78 is 6.25. The Balaban J connectivity index is 1.61. The van der Waals surface area contributed by atoms with Crippen molar-refractivity contribution in [2.24, 2.45) is 0 Å². The van der Waals surface area contributed by atoms with Gasteiger partial charge in [0.05, 0.1) is 11.4 Å². The lowest BCUT2D eigenvalue weighted by Gasteiger charge is -2.33. The highest BCUT2D eigenvalue weighted by Crippen LogP contribution is 2.51. The van der Waals surface area contributed by atoms with Gasteiger partial charge in [-0.3, -0.25) is 0 Å². The summed E-state index contributed by atoms with van der Waals surface area (Å²) in [5.74, 6) is 1.73. The molecule has 1 aliphatic rings. The molecule has 0 aliphatic carbocycles. The van der Waals surface area contributed by atoms with Gasteiger partial charge in [-0.25, -0.2) is 0 Å². The molecule has 2 heteroatoms. The van der Waals surface area contributed by atoms with Gasteiger partial charge in [-0.1, -0.05) is 89.0 Å². The number of hydrogen-bond acceptors (Lipinski definition) is 2. The third-order valence-electron chi connectivity index (χ3n) is 6.76. The topological polar surface area (TPSA) is 12.5 Å². The Morgan fingerprint density at radius 1 is 0.472 bits per heavy atom. The van der Waals surface area contributed by atoms with Gasteiger partial charge in [-0.2, -0.15) is 0 Å². The molecule has 0 unspecified atom stereocenters. The molecule has 0 aromatic heterocycles. The average molecular weight is 468 g/mol. The van der Waals surface area contributed by atoms with Gasteiger partial charge in [0, 0.05) is 5.69 Å². The van der Waals surface area contributed by atoms with E-state index in [9.17, 15) is 0 Å². The van der Waals surface area contributed by atoms with E-state index in [1.54, 1.807) is 0 Å². The molecule has 2 nitrogen and oxygen atoms in total. The van der Waals surface area contributed by atoms with Crippen molar-refractivity contribution >= 4 is 17.1 Å². The molecule has 0 atom stereocenters. The van der Waals surface area contributed by atoms with Crippen molar-refractivity contribution in [1.29, 1.82) is 0 Å². The predicted molar refractivity (Wildman–Crippen MR) is 151 cm³/mol. The van der Waals surface area contributed by atoms with E-state index < -0.39 is 0 Å². The molecule has 1 heterocycles. The summed E-state index contributed by atoms with van der Waals surface area (Å²) in [6, 6.07) is 37.0. The molecule has 0 bridgehead atoms. The van der Waals surface area contributed by atoms with Crippen LogP contribution in [0.4, 0.5) is 17.1 Å². The standard InChI is InChI=1S/C34H29NO/c1-22-15-23(2)18-26(17-22)29-14-13-28(21-30(29)27-19-24(3)16-25(4)20-27)35-31-9-5-7-11-33(31)36-34-12-8-6-10-32(34)35/h5-21H,1-4H3. The van der Waals surface area contributed by atoms with Crippen LogP contribution in [-0.4, -0.2) is 0 Å². The summed E-state index contributed by atoms with van der Waals surface area (Å²) in [6.07, 6.45) is 0. The van der Waals surface area contributed by atoms with Gasteiger partial charge in [-0.15, -0.1) is 0 Å². The Bertz CT molecular complexity index is 1530. The number of ether oxygens (including phenoxy) is 1. The summed E-state index contributed by atoms with van der Waals surface area (Å²) in [5.41, 5.74) is 13.2. The summed E-state index contributed by atoms with van der Waals surface area (Å²) in [4.78, 5) is 2.31. The van der Waals surface area contributed by atoms with Crippen molar-refractivity contribution < 1.29 is 4.74 Å². The molecule has 36 heavy (non-hydrogen) atoms. The van der Waals surface area contributed by atoms with Crippen LogP contribution in [0.25, 0.3) is 22.3 Å². The fraction of sp³-hybridized carbons (Fsp3) is 0.118. The second kappa shape index (κ2) is 8.73. The monoisotopic (exact) mass is 467 g/mol. The highest BCUT2D eigenvalue weighted by Gasteiger charge is 2.26. The minimum absolute atomic E-state index is 0.863. The van der Waals surface area contributed by atoms with Crippen molar-refractivity contribution in [2.75, 3.05) is 4.90 Å². The lowest BCUT2D eigenvalue weighted by Crippen LogP contribution is -2.15. The van der Waals surface area contributed by atoms with Gasteiger partial charge in [-0.05, 0) is 86.3 Å². The van der Waals surface area contributed by atoms with E-state index in [4.69, 9.17) is 4.74 Å². The first kappa shape index (κ1) is 22.2. The number of nitrogens with zero attached hydrogens (tertiary/aromatic N) is 1. The molecule has 0 saturated carbocycles. The Kier molecular flexibility index (Phi) is 5.38. The second-order valence-electron chi connectivity index (χ2n) is 9.86. The smallest absolute Gasteiger partial charge is 0.151 e. The third-order valence-corrected chi connectivity index (χ3v) is 6.76. The van der Waals surface area contributed by atoms with Crippen molar-refractivity contribution in [3.8, 4) is 33.8 Å². The largest absolute Gasteiger partial charge is 0.453 e. The maximum atomic E-state index is 6.25. The van der Waals surface area contributed by atoms with E-state index in [0.717, 1.165) is 28.6 Å². The molecule has 6 rings (SSSR count). The van der Waals surface area contributed by atoms with Crippen LogP contribution in [-0.2, 0) is 0 Å². The van der Waals surface area contributed by atoms with Gasteiger partial charge in [0.2, 0.25) is 0 Å². The summed E-state index contributed by atoms with van der Waals surface area (Å²) in [5, 5.41) is 0. The number of para-hydroxylation sites is 4. The molecule has 0 radical (unpaired) electrons. The number of hydrogen-bond donors (Lipinski definition) is 0. The van der Waals surface area contributed by atoms with Crippen LogP contribution in [0.2, 0.25) is 0 Å². The third kappa shape index (κ3) is 3.95. The molecule has 0 spiro atoms. The Morgan fingerprint density at radius 2 is 0.944 bits per heavy atom. The van der Waals surface area contributed by atoms with Gasteiger partial charge < -0.3 is 9.64 Å². The molecule has 176 valence electrons. The van der Waals surface area contributed by atoms with E-state index in [0.29, 0.717) is 0 Å². The maximum absolute atomic E-state index is 6.25. The highest BCUT2D eigenvalue weighted by atomic mass is 16.5. The Labute approximate surface area is 213 Å². The highest BCUT2D eigenvalue weighted by molar-refractivity contribution is 5.92. The van der Waals surface area contributed by atoms with Crippen LogP contribution < -0.4 is 9.64 Å². The van der Waals surface area contributed by atoms with Gasteiger partial charge in [0.25, 0.3) is 0 Å².